The molecule has 3 aromatic rings. The van der Waals surface area contributed by atoms with Gasteiger partial charge in [-0.2, -0.15) is 0 Å². The van der Waals surface area contributed by atoms with Crippen LogP contribution in [0.15, 0.2) is 23.2 Å². The van der Waals surface area contributed by atoms with E-state index in [4.69, 9.17) is 4.74 Å². The van der Waals surface area contributed by atoms with Gasteiger partial charge in [0, 0.05) is 36.5 Å². The number of anilines is 1. The molecule has 0 saturated heterocycles. The number of amides is 2. The maximum atomic E-state index is 12.9. The second-order valence-electron chi connectivity index (χ2n) is 8.75. The first-order valence-corrected chi connectivity index (χ1v) is 14.4. The summed E-state index contributed by atoms with van der Waals surface area (Å²) in [7, 11) is 4.53. The molecule has 0 unspecified atom stereocenters. The number of ether oxygens (including phenoxy) is 1. The van der Waals surface area contributed by atoms with Gasteiger partial charge in [-0.15, -0.1) is 39.4 Å². The maximum Gasteiger partial charge on any atom is 0.341 e. The van der Waals surface area contributed by atoms with E-state index in [0.717, 1.165) is 35.6 Å². The van der Waals surface area contributed by atoms with Gasteiger partial charge in [0.2, 0.25) is 5.91 Å². The predicted molar refractivity (Wildman–Crippen MR) is 148 cm³/mol. The number of thiophene rings is 2. The normalized spacial score (nSPS) is 12.6. The number of methoxy groups -OCH3 is 1. The summed E-state index contributed by atoms with van der Waals surface area (Å²) in [4.78, 5) is 41.1. The van der Waals surface area contributed by atoms with Crippen molar-refractivity contribution < 1.29 is 19.1 Å². The average molecular weight is 560 g/mol. The zero-order valence-corrected chi connectivity index (χ0v) is 23.7. The summed E-state index contributed by atoms with van der Waals surface area (Å²) in [6.07, 6.45) is 6.33. The first-order valence-electron chi connectivity index (χ1n) is 11.8. The first-order chi connectivity index (χ1) is 17.8. The summed E-state index contributed by atoms with van der Waals surface area (Å²) in [5.41, 5.74) is 3.14. The van der Waals surface area contributed by atoms with Crippen LogP contribution in [0.5, 0.6) is 0 Å². The zero-order valence-electron chi connectivity index (χ0n) is 21.3. The van der Waals surface area contributed by atoms with Gasteiger partial charge in [0.1, 0.15) is 5.00 Å². The lowest BCUT2D eigenvalue weighted by Gasteiger charge is -2.13. The molecule has 196 valence electrons. The highest BCUT2D eigenvalue weighted by Crippen LogP contribution is 2.37. The van der Waals surface area contributed by atoms with Crippen molar-refractivity contribution in [2.24, 2.45) is 0 Å². The number of esters is 1. The number of aromatic nitrogens is 3. The highest BCUT2D eigenvalue weighted by Gasteiger charge is 2.27. The molecule has 0 aliphatic heterocycles. The van der Waals surface area contributed by atoms with Crippen LogP contribution in [-0.4, -0.2) is 64.4 Å². The number of allylic oxidation sites excluding steroid dienone is 1. The molecule has 0 saturated carbocycles. The fourth-order valence-corrected chi connectivity index (χ4v) is 7.32. The second-order valence-corrected chi connectivity index (χ2v) is 11.7. The number of hydrogen-bond donors (Lipinski definition) is 1. The van der Waals surface area contributed by atoms with Gasteiger partial charge in [0.05, 0.1) is 23.3 Å². The molecule has 0 atom stereocenters. The lowest BCUT2D eigenvalue weighted by atomic mass is 9.95. The second kappa shape index (κ2) is 11.6. The number of fused-ring (bicyclic) bond motifs is 1. The molecular formula is C25H29N5O4S3. The fraction of sp³-hybridized carbons (Fsp3) is 0.400. The van der Waals surface area contributed by atoms with Crippen molar-refractivity contribution >= 4 is 57.2 Å². The largest absolute Gasteiger partial charge is 0.465 e. The molecule has 3 aromatic heterocycles. The number of thioether (sulfide) groups is 1. The molecule has 1 N–H and O–H groups in total. The van der Waals surface area contributed by atoms with Crippen LogP contribution in [0, 0.1) is 6.92 Å². The summed E-state index contributed by atoms with van der Waals surface area (Å²) in [5, 5.41) is 14.7. The summed E-state index contributed by atoms with van der Waals surface area (Å²) >= 11 is 4.10. The minimum atomic E-state index is -0.607. The van der Waals surface area contributed by atoms with Gasteiger partial charge in [0.15, 0.2) is 11.0 Å². The molecule has 0 radical (unpaired) electrons. The third kappa shape index (κ3) is 5.51. The van der Waals surface area contributed by atoms with E-state index in [9.17, 15) is 14.4 Å². The van der Waals surface area contributed by atoms with Crippen molar-refractivity contribution in [2.45, 2.75) is 44.3 Å². The molecule has 9 nitrogen and oxygen atoms in total. The third-order valence-electron chi connectivity index (χ3n) is 6.05. The Bertz CT molecular complexity index is 1350. The monoisotopic (exact) mass is 559 g/mol. The standard InChI is InChI=1S/C25H29N5O4S3/c1-6-11-30-21(16-12-35-17-10-8-7-9-15(16)17)27-28-25(30)36-13-18(31)26-22-19(24(33)34-5)14(2)20(37-22)23(32)29(3)4/h6,12H,1,7-11,13H2,2-5H3,(H,26,31). The molecule has 12 heteroatoms. The molecule has 1 aliphatic rings. The Labute approximate surface area is 227 Å². The van der Waals surface area contributed by atoms with E-state index in [0.29, 0.717) is 27.1 Å². The van der Waals surface area contributed by atoms with Gasteiger partial charge in [-0.1, -0.05) is 17.8 Å². The van der Waals surface area contributed by atoms with Crippen molar-refractivity contribution in [3.63, 3.8) is 0 Å². The topological polar surface area (TPSA) is 106 Å². The van der Waals surface area contributed by atoms with Crippen LogP contribution in [0.2, 0.25) is 0 Å². The molecule has 37 heavy (non-hydrogen) atoms. The van der Waals surface area contributed by atoms with Crippen LogP contribution >= 0.6 is 34.4 Å². The Morgan fingerprint density at radius 2 is 2.03 bits per heavy atom. The molecule has 0 spiro atoms. The average Bonchev–Trinajstić information content (AvgIpc) is 3.57. The Hall–Kier alpha value is -2.96. The van der Waals surface area contributed by atoms with E-state index in [-0.39, 0.29) is 23.1 Å². The smallest absolute Gasteiger partial charge is 0.341 e. The summed E-state index contributed by atoms with van der Waals surface area (Å²) in [6, 6.07) is 0. The van der Waals surface area contributed by atoms with Crippen LogP contribution < -0.4 is 5.32 Å². The SMILES string of the molecule is C=CCn1c(SCC(=O)Nc2sc(C(=O)N(C)C)c(C)c2C(=O)OC)nnc1-c1csc2c1CCCC2. The van der Waals surface area contributed by atoms with Gasteiger partial charge in [-0.25, -0.2) is 4.79 Å². The van der Waals surface area contributed by atoms with E-state index in [1.165, 1.54) is 47.1 Å². The lowest BCUT2D eigenvalue weighted by molar-refractivity contribution is -0.113. The van der Waals surface area contributed by atoms with Crippen molar-refractivity contribution in [3.8, 4) is 11.4 Å². The number of hydrogen-bond acceptors (Lipinski definition) is 9. The molecular weight excluding hydrogens is 531 g/mol. The fourth-order valence-electron chi connectivity index (χ4n) is 4.22. The number of carbonyl (C=O) groups is 3. The van der Waals surface area contributed by atoms with Crippen molar-refractivity contribution in [1.82, 2.24) is 19.7 Å². The summed E-state index contributed by atoms with van der Waals surface area (Å²) < 4.78 is 6.88. The molecule has 0 fully saturated rings. The van der Waals surface area contributed by atoms with Gasteiger partial charge >= 0.3 is 5.97 Å². The van der Waals surface area contributed by atoms with E-state index >= 15 is 0 Å². The number of nitrogens with one attached hydrogen (secondary N) is 1. The zero-order chi connectivity index (χ0) is 26.7. The molecule has 0 bridgehead atoms. The minimum Gasteiger partial charge on any atom is -0.465 e. The Morgan fingerprint density at radius 1 is 1.27 bits per heavy atom. The van der Waals surface area contributed by atoms with Crippen LogP contribution in [0.4, 0.5) is 5.00 Å². The lowest BCUT2D eigenvalue weighted by Crippen LogP contribution is -2.21. The third-order valence-corrected chi connectivity index (χ3v) is 9.30. The quantitative estimate of drug-likeness (QED) is 0.231. The minimum absolute atomic E-state index is 0.0472. The first kappa shape index (κ1) is 27.1. The van der Waals surface area contributed by atoms with Crippen molar-refractivity contribution in [2.75, 3.05) is 32.3 Å². The Balaban J connectivity index is 1.53. The van der Waals surface area contributed by atoms with Crippen molar-refractivity contribution in [3.05, 3.63) is 44.5 Å². The van der Waals surface area contributed by atoms with Crippen LogP contribution in [0.25, 0.3) is 11.4 Å². The van der Waals surface area contributed by atoms with Gasteiger partial charge in [-0.3, -0.25) is 14.2 Å². The number of carbonyl (C=O) groups excluding carboxylic acids is 3. The highest BCUT2D eigenvalue weighted by atomic mass is 32.2. The number of nitrogens with zero attached hydrogens (tertiary/aromatic N) is 4. The van der Waals surface area contributed by atoms with Gasteiger partial charge in [0.25, 0.3) is 5.91 Å². The summed E-state index contributed by atoms with van der Waals surface area (Å²) in [5.74, 6) is -0.350. The maximum absolute atomic E-state index is 12.9. The van der Waals surface area contributed by atoms with E-state index in [1.807, 2.05) is 4.57 Å². The van der Waals surface area contributed by atoms with Gasteiger partial charge in [-0.05, 0) is 43.7 Å². The Morgan fingerprint density at radius 3 is 2.73 bits per heavy atom. The van der Waals surface area contributed by atoms with Gasteiger partial charge < -0.3 is 15.0 Å². The van der Waals surface area contributed by atoms with E-state index in [1.54, 1.807) is 38.4 Å². The molecule has 4 rings (SSSR count). The van der Waals surface area contributed by atoms with E-state index in [2.05, 4.69) is 27.5 Å². The molecule has 3 heterocycles. The molecule has 0 aromatic carbocycles. The van der Waals surface area contributed by atoms with Crippen LogP contribution in [-0.2, 0) is 28.9 Å². The highest BCUT2D eigenvalue weighted by molar-refractivity contribution is 7.99. The van der Waals surface area contributed by atoms with Crippen molar-refractivity contribution in [1.29, 1.82) is 0 Å². The van der Waals surface area contributed by atoms with Crippen LogP contribution in [0.3, 0.4) is 0 Å². The summed E-state index contributed by atoms with van der Waals surface area (Å²) in [6.45, 7) is 6.06. The number of aryl methyl sites for hydroxylation is 1. The molecule has 2 amide bonds. The molecule has 1 aliphatic carbocycles. The Kier molecular flexibility index (Phi) is 8.50. The van der Waals surface area contributed by atoms with Crippen LogP contribution in [0.1, 0.15) is 48.9 Å². The number of rotatable bonds is 9. The predicted octanol–water partition coefficient (Wildman–Crippen LogP) is 4.66. The van der Waals surface area contributed by atoms with E-state index < -0.39 is 5.97 Å².